The number of imide groups is 1. The predicted octanol–water partition coefficient (Wildman–Crippen LogP) is 5.25. The Morgan fingerprint density at radius 2 is 1.69 bits per heavy atom. The van der Waals surface area contributed by atoms with Crippen LogP contribution in [0.5, 0.6) is 5.75 Å². The highest BCUT2D eigenvalue weighted by Gasteiger charge is 2.40. The SMILES string of the molecule is Cc1ccc(OC(=O)c2ccc(NC3=C(Cl)C(=O)N(c4cccc(C(F)(F)F)c4)C3=O)cc2)c(N)c1. The fourth-order valence-corrected chi connectivity index (χ4v) is 3.63. The lowest BCUT2D eigenvalue weighted by Gasteiger charge is -2.17. The molecule has 2 amide bonds. The molecule has 3 aromatic carbocycles. The van der Waals surface area contributed by atoms with Gasteiger partial charge in [-0.2, -0.15) is 13.2 Å². The molecule has 0 saturated heterocycles. The minimum absolute atomic E-state index is 0.181. The summed E-state index contributed by atoms with van der Waals surface area (Å²) >= 11 is 6.04. The van der Waals surface area contributed by atoms with Gasteiger partial charge in [-0.1, -0.05) is 23.7 Å². The van der Waals surface area contributed by atoms with E-state index in [0.717, 1.165) is 17.7 Å². The lowest BCUT2D eigenvalue weighted by molar-refractivity contribution is -0.137. The second-order valence-corrected chi connectivity index (χ2v) is 8.19. The van der Waals surface area contributed by atoms with Gasteiger partial charge in [0, 0.05) is 5.69 Å². The van der Waals surface area contributed by atoms with Gasteiger partial charge in [-0.05, 0) is 67.1 Å². The average molecular weight is 516 g/mol. The van der Waals surface area contributed by atoms with Crippen LogP contribution >= 0.6 is 11.6 Å². The van der Waals surface area contributed by atoms with Crippen molar-refractivity contribution in [1.82, 2.24) is 0 Å². The molecule has 1 aliphatic rings. The number of halogens is 4. The maximum absolute atomic E-state index is 13.1. The molecule has 1 heterocycles. The molecule has 4 rings (SSSR count). The molecular weight excluding hydrogens is 499 g/mol. The first-order valence-corrected chi connectivity index (χ1v) is 10.7. The molecule has 0 radical (unpaired) electrons. The maximum Gasteiger partial charge on any atom is 0.416 e. The number of hydrogen-bond donors (Lipinski definition) is 2. The number of amides is 2. The number of benzene rings is 3. The molecule has 1 aliphatic heterocycles. The molecule has 0 aromatic heterocycles. The molecule has 3 aromatic rings. The van der Waals surface area contributed by atoms with E-state index in [1.807, 2.05) is 6.92 Å². The number of ether oxygens (including phenoxy) is 1. The van der Waals surface area contributed by atoms with E-state index in [1.54, 1.807) is 18.2 Å². The Morgan fingerprint density at radius 3 is 2.33 bits per heavy atom. The number of nitrogens with one attached hydrogen (secondary N) is 1. The van der Waals surface area contributed by atoms with E-state index in [1.165, 1.54) is 30.3 Å². The predicted molar refractivity (Wildman–Crippen MR) is 127 cm³/mol. The van der Waals surface area contributed by atoms with Crippen molar-refractivity contribution in [3.8, 4) is 5.75 Å². The van der Waals surface area contributed by atoms with E-state index >= 15 is 0 Å². The molecule has 36 heavy (non-hydrogen) atoms. The lowest BCUT2D eigenvalue weighted by atomic mass is 10.2. The van der Waals surface area contributed by atoms with Gasteiger partial charge >= 0.3 is 12.1 Å². The standard InChI is InChI=1S/C25H17ClF3N3O4/c1-13-5-10-19(18(30)11-13)36-24(35)14-6-8-16(9-7-14)31-21-20(26)22(33)32(23(21)34)17-4-2-3-15(12-17)25(27,28)29/h2-12,31H,30H2,1H3. The molecule has 7 nitrogen and oxygen atoms in total. The number of esters is 1. The molecule has 0 aliphatic carbocycles. The van der Waals surface area contributed by atoms with Crippen LogP contribution in [0.25, 0.3) is 0 Å². The van der Waals surface area contributed by atoms with E-state index in [2.05, 4.69) is 5.32 Å². The third kappa shape index (κ3) is 4.89. The van der Waals surface area contributed by atoms with Crippen molar-refractivity contribution < 1.29 is 32.3 Å². The Balaban J connectivity index is 1.50. The van der Waals surface area contributed by atoms with Gasteiger partial charge in [0.1, 0.15) is 10.7 Å². The minimum Gasteiger partial charge on any atom is -0.421 e. The quantitative estimate of drug-likeness (QED) is 0.208. The highest BCUT2D eigenvalue weighted by atomic mass is 35.5. The summed E-state index contributed by atoms with van der Waals surface area (Å²) in [6, 6.07) is 14.5. The summed E-state index contributed by atoms with van der Waals surface area (Å²) < 4.78 is 44.5. The molecule has 0 bridgehead atoms. The Kier molecular flexibility index (Phi) is 6.47. The van der Waals surface area contributed by atoms with Gasteiger partial charge in [0.05, 0.1) is 22.5 Å². The fraction of sp³-hybridized carbons (Fsp3) is 0.0800. The molecular formula is C25H17ClF3N3O4. The summed E-state index contributed by atoms with van der Waals surface area (Å²) in [5, 5.41) is 2.20. The van der Waals surface area contributed by atoms with E-state index < -0.39 is 34.6 Å². The Morgan fingerprint density at radius 1 is 1.00 bits per heavy atom. The lowest BCUT2D eigenvalue weighted by Crippen LogP contribution is -2.32. The number of carbonyl (C=O) groups excluding carboxylic acids is 3. The first-order chi connectivity index (χ1) is 17.0. The zero-order valence-corrected chi connectivity index (χ0v) is 19.3. The van der Waals surface area contributed by atoms with Crippen LogP contribution < -0.4 is 20.7 Å². The van der Waals surface area contributed by atoms with Crippen LogP contribution in [-0.4, -0.2) is 17.8 Å². The molecule has 0 unspecified atom stereocenters. The van der Waals surface area contributed by atoms with Gasteiger partial charge < -0.3 is 15.8 Å². The van der Waals surface area contributed by atoms with Crippen molar-refractivity contribution in [2.75, 3.05) is 16.0 Å². The summed E-state index contributed by atoms with van der Waals surface area (Å²) in [7, 11) is 0. The van der Waals surface area contributed by atoms with E-state index in [-0.39, 0.29) is 22.7 Å². The van der Waals surface area contributed by atoms with Crippen molar-refractivity contribution in [1.29, 1.82) is 0 Å². The molecule has 11 heteroatoms. The summed E-state index contributed by atoms with van der Waals surface area (Å²) in [6.45, 7) is 1.84. The van der Waals surface area contributed by atoms with E-state index in [9.17, 15) is 27.6 Å². The monoisotopic (exact) mass is 515 g/mol. The number of anilines is 3. The summed E-state index contributed by atoms with van der Waals surface area (Å²) in [5.41, 5.74) is 5.93. The highest BCUT2D eigenvalue weighted by Crippen LogP contribution is 2.35. The first-order valence-electron chi connectivity index (χ1n) is 10.4. The van der Waals surface area contributed by atoms with Gasteiger partial charge in [0.25, 0.3) is 11.8 Å². The number of nitrogens with two attached hydrogens (primary N) is 1. The van der Waals surface area contributed by atoms with E-state index in [4.69, 9.17) is 22.1 Å². The van der Waals surface area contributed by atoms with Crippen LogP contribution in [-0.2, 0) is 15.8 Å². The van der Waals surface area contributed by atoms with Crippen LogP contribution in [0.1, 0.15) is 21.5 Å². The van der Waals surface area contributed by atoms with Crippen LogP contribution in [0.15, 0.2) is 77.5 Å². The van der Waals surface area contributed by atoms with Crippen molar-refractivity contribution in [3.63, 3.8) is 0 Å². The normalized spacial score (nSPS) is 13.9. The first kappa shape index (κ1) is 24.8. The van der Waals surface area contributed by atoms with Crippen molar-refractivity contribution in [2.24, 2.45) is 0 Å². The zero-order chi connectivity index (χ0) is 26.2. The summed E-state index contributed by atoms with van der Waals surface area (Å²) in [6.07, 6.45) is -4.66. The topological polar surface area (TPSA) is 102 Å². The number of carbonyl (C=O) groups is 3. The van der Waals surface area contributed by atoms with Gasteiger partial charge in [0.15, 0.2) is 5.75 Å². The van der Waals surface area contributed by atoms with Crippen molar-refractivity contribution >= 4 is 46.4 Å². The molecule has 0 spiro atoms. The Hall–Kier alpha value is -4.31. The summed E-state index contributed by atoms with van der Waals surface area (Å²) in [5.74, 6) is -2.37. The number of nitrogens with zero attached hydrogens (tertiary/aromatic N) is 1. The van der Waals surface area contributed by atoms with Crippen molar-refractivity contribution in [3.05, 3.63) is 94.1 Å². The van der Waals surface area contributed by atoms with E-state index in [0.29, 0.717) is 22.3 Å². The highest BCUT2D eigenvalue weighted by molar-refractivity contribution is 6.53. The maximum atomic E-state index is 13.1. The number of aryl methyl sites for hydroxylation is 1. The largest absolute Gasteiger partial charge is 0.421 e. The van der Waals surface area contributed by atoms with Crippen LogP contribution in [0.2, 0.25) is 0 Å². The number of nitrogen functional groups attached to an aromatic ring is 1. The minimum atomic E-state index is -4.66. The molecule has 184 valence electrons. The molecule has 0 saturated carbocycles. The van der Waals surface area contributed by atoms with Crippen molar-refractivity contribution in [2.45, 2.75) is 13.1 Å². The third-order valence-electron chi connectivity index (χ3n) is 5.22. The second-order valence-electron chi connectivity index (χ2n) is 7.82. The zero-order valence-electron chi connectivity index (χ0n) is 18.5. The number of alkyl halides is 3. The van der Waals surface area contributed by atoms with Crippen LogP contribution in [0.4, 0.5) is 30.2 Å². The van der Waals surface area contributed by atoms with Crippen LogP contribution in [0, 0.1) is 6.92 Å². The van der Waals surface area contributed by atoms with Gasteiger partial charge in [0.2, 0.25) is 0 Å². The third-order valence-corrected chi connectivity index (χ3v) is 5.57. The second kappa shape index (κ2) is 9.38. The molecule has 0 fully saturated rings. The number of hydrogen-bond acceptors (Lipinski definition) is 6. The summed E-state index contributed by atoms with van der Waals surface area (Å²) in [4.78, 5) is 38.4. The Labute approximate surface area is 207 Å². The molecule has 3 N–H and O–H groups in total. The smallest absolute Gasteiger partial charge is 0.416 e. The van der Waals surface area contributed by atoms with Gasteiger partial charge in [-0.15, -0.1) is 0 Å². The molecule has 0 atom stereocenters. The van der Waals surface area contributed by atoms with Crippen LogP contribution in [0.3, 0.4) is 0 Å². The Bertz CT molecular complexity index is 1420. The average Bonchev–Trinajstić information content (AvgIpc) is 3.04. The van der Waals surface area contributed by atoms with Gasteiger partial charge in [-0.25, -0.2) is 9.69 Å². The fourth-order valence-electron chi connectivity index (χ4n) is 3.42. The van der Waals surface area contributed by atoms with Gasteiger partial charge in [-0.3, -0.25) is 9.59 Å². The number of rotatable bonds is 5.